The molecule has 0 heterocycles. The molecular weight excluding hydrogens is 314 g/mol. The van der Waals surface area contributed by atoms with Gasteiger partial charge in [-0.05, 0) is 18.4 Å². The van der Waals surface area contributed by atoms with Crippen LogP contribution in [-0.4, -0.2) is 23.5 Å². The normalized spacial score (nSPS) is 12.2. The Bertz CT molecular complexity index is 525. The van der Waals surface area contributed by atoms with Crippen molar-refractivity contribution < 1.29 is 14.7 Å². The van der Waals surface area contributed by atoms with Gasteiger partial charge in [0, 0.05) is 6.54 Å². The Morgan fingerprint density at radius 3 is 2.44 bits per heavy atom. The molecule has 4 nitrogen and oxygen atoms in total. The maximum atomic E-state index is 12.2. The van der Waals surface area contributed by atoms with Crippen molar-refractivity contribution in [2.45, 2.75) is 58.3 Å². The van der Waals surface area contributed by atoms with Crippen LogP contribution in [0, 0.1) is 5.92 Å². The Morgan fingerprint density at radius 1 is 1.08 bits per heavy atom. The van der Waals surface area contributed by atoms with Gasteiger partial charge in [0.05, 0.1) is 12.3 Å². The molecular formula is C21H31NO3. The Labute approximate surface area is 151 Å². The number of amides is 1. The fourth-order valence-corrected chi connectivity index (χ4v) is 2.69. The molecule has 138 valence electrons. The number of hydrogen-bond acceptors (Lipinski definition) is 2. The highest BCUT2D eigenvalue weighted by atomic mass is 16.4. The summed E-state index contributed by atoms with van der Waals surface area (Å²) in [6.07, 6.45) is 11.1. The summed E-state index contributed by atoms with van der Waals surface area (Å²) < 4.78 is 0. The van der Waals surface area contributed by atoms with E-state index >= 15 is 0 Å². The predicted molar refractivity (Wildman–Crippen MR) is 102 cm³/mol. The Kier molecular flexibility index (Phi) is 11.1. The minimum atomic E-state index is -0.937. The zero-order valence-electron chi connectivity index (χ0n) is 15.2. The summed E-state index contributed by atoms with van der Waals surface area (Å²) in [4.78, 5) is 23.3. The number of benzene rings is 1. The van der Waals surface area contributed by atoms with Gasteiger partial charge in [0.1, 0.15) is 0 Å². The molecule has 0 aromatic heterocycles. The minimum absolute atomic E-state index is 0.137. The number of carboxylic acids is 1. The fraction of sp³-hybridized carbons (Fsp3) is 0.524. The van der Waals surface area contributed by atoms with Crippen LogP contribution < -0.4 is 5.32 Å². The van der Waals surface area contributed by atoms with E-state index in [0.717, 1.165) is 18.4 Å². The molecule has 0 radical (unpaired) electrons. The summed E-state index contributed by atoms with van der Waals surface area (Å²) in [5.74, 6) is -1.61. The van der Waals surface area contributed by atoms with Gasteiger partial charge in [0.2, 0.25) is 5.91 Å². The van der Waals surface area contributed by atoms with Crippen LogP contribution in [0.4, 0.5) is 0 Å². The van der Waals surface area contributed by atoms with E-state index in [1.807, 2.05) is 42.5 Å². The molecule has 2 N–H and O–H groups in total. The summed E-state index contributed by atoms with van der Waals surface area (Å²) in [5.41, 5.74) is 1.05. The van der Waals surface area contributed by atoms with Crippen molar-refractivity contribution >= 4 is 18.0 Å². The molecule has 0 aliphatic heterocycles. The molecule has 1 unspecified atom stereocenters. The number of carboxylic acid groups (broad SMARTS) is 1. The topological polar surface area (TPSA) is 66.4 Å². The number of hydrogen-bond donors (Lipinski definition) is 2. The predicted octanol–water partition coefficient (Wildman–Crippen LogP) is 4.66. The fourth-order valence-electron chi connectivity index (χ4n) is 2.69. The summed E-state index contributed by atoms with van der Waals surface area (Å²) in [5, 5.41) is 11.9. The highest BCUT2D eigenvalue weighted by molar-refractivity contribution is 5.83. The second kappa shape index (κ2) is 13.2. The van der Waals surface area contributed by atoms with E-state index in [0.29, 0.717) is 13.0 Å². The molecule has 0 saturated heterocycles. The molecule has 25 heavy (non-hydrogen) atoms. The van der Waals surface area contributed by atoms with Crippen molar-refractivity contribution in [3.05, 3.63) is 42.0 Å². The highest BCUT2D eigenvalue weighted by Gasteiger charge is 2.19. The quantitative estimate of drug-likeness (QED) is 0.511. The monoisotopic (exact) mass is 345 g/mol. The third-order valence-electron chi connectivity index (χ3n) is 4.15. The first-order valence-corrected chi connectivity index (χ1v) is 9.34. The summed E-state index contributed by atoms with van der Waals surface area (Å²) >= 11 is 0. The largest absolute Gasteiger partial charge is 0.481 e. The molecule has 4 heteroatoms. The van der Waals surface area contributed by atoms with Crippen LogP contribution in [0.3, 0.4) is 0 Å². The van der Waals surface area contributed by atoms with Crippen molar-refractivity contribution in [1.29, 1.82) is 0 Å². The summed E-state index contributed by atoms with van der Waals surface area (Å²) in [6.45, 7) is 2.82. The molecule has 1 atom stereocenters. The van der Waals surface area contributed by atoms with Gasteiger partial charge in [0.15, 0.2) is 0 Å². The first kappa shape index (κ1) is 20.9. The average Bonchev–Trinajstić information content (AvgIpc) is 2.60. The standard InChI is InChI=1S/C21H31NO3/c1-2-3-4-5-6-10-16-22-21(25)19(17-20(23)24)15-11-14-18-12-8-7-9-13-18/h7-9,11-14,19H,2-6,10,15-17H2,1H3,(H,22,25)(H,23,24). The third-order valence-corrected chi connectivity index (χ3v) is 4.15. The number of rotatable bonds is 13. The Morgan fingerprint density at radius 2 is 1.76 bits per heavy atom. The molecule has 0 aliphatic carbocycles. The highest BCUT2D eigenvalue weighted by Crippen LogP contribution is 2.12. The van der Waals surface area contributed by atoms with Crippen LogP contribution in [0.5, 0.6) is 0 Å². The summed E-state index contributed by atoms with van der Waals surface area (Å²) in [6, 6.07) is 9.78. The first-order valence-electron chi connectivity index (χ1n) is 9.34. The number of aliphatic carboxylic acids is 1. The zero-order chi connectivity index (χ0) is 18.3. The van der Waals surface area contributed by atoms with Crippen molar-refractivity contribution in [2.24, 2.45) is 5.92 Å². The van der Waals surface area contributed by atoms with E-state index in [1.54, 1.807) is 0 Å². The van der Waals surface area contributed by atoms with Crippen LogP contribution in [0.15, 0.2) is 36.4 Å². The zero-order valence-corrected chi connectivity index (χ0v) is 15.2. The molecule has 1 rings (SSSR count). The van der Waals surface area contributed by atoms with Crippen LogP contribution >= 0.6 is 0 Å². The maximum Gasteiger partial charge on any atom is 0.304 e. The minimum Gasteiger partial charge on any atom is -0.481 e. The number of unbranched alkanes of at least 4 members (excludes halogenated alkanes) is 5. The lowest BCUT2D eigenvalue weighted by Gasteiger charge is -2.13. The third kappa shape index (κ3) is 10.4. The second-order valence-electron chi connectivity index (χ2n) is 6.40. The van der Waals surface area contributed by atoms with E-state index in [4.69, 9.17) is 5.11 Å². The second-order valence-corrected chi connectivity index (χ2v) is 6.40. The van der Waals surface area contributed by atoms with Gasteiger partial charge in [0.25, 0.3) is 0 Å². The van der Waals surface area contributed by atoms with Crippen molar-refractivity contribution in [2.75, 3.05) is 6.54 Å². The lowest BCUT2D eigenvalue weighted by Crippen LogP contribution is -2.32. The van der Waals surface area contributed by atoms with Crippen LogP contribution in [-0.2, 0) is 9.59 Å². The molecule has 0 fully saturated rings. The van der Waals surface area contributed by atoms with E-state index in [9.17, 15) is 9.59 Å². The van der Waals surface area contributed by atoms with Gasteiger partial charge < -0.3 is 10.4 Å². The number of allylic oxidation sites excluding steroid dienone is 1. The van der Waals surface area contributed by atoms with Crippen LogP contribution in [0.1, 0.15) is 63.9 Å². The molecule has 0 saturated carbocycles. The molecule has 0 bridgehead atoms. The molecule has 1 aromatic carbocycles. The van der Waals surface area contributed by atoms with Gasteiger partial charge in [-0.3, -0.25) is 9.59 Å². The van der Waals surface area contributed by atoms with Crippen molar-refractivity contribution in [3.63, 3.8) is 0 Å². The van der Waals surface area contributed by atoms with Gasteiger partial charge >= 0.3 is 5.97 Å². The maximum absolute atomic E-state index is 12.2. The van der Waals surface area contributed by atoms with E-state index < -0.39 is 11.9 Å². The first-order chi connectivity index (χ1) is 12.1. The number of carbonyl (C=O) groups excluding carboxylic acids is 1. The molecule has 0 spiro atoms. The van der Waals surface area contributed by atoms with Crippen molar-refractivity contribution in [1.82, 2.24) is 5.32 Å². The van der Waals surface area contributed by atoms with Gasteiger partial charge in [-0.25, -0.2) is 0 Å². The smallest absolute Gasteiger partial charge is 0.304 e. The van der Waals surface area contributed by atoms with E-state index in [1.165, 1.54) is 25.7 Å². The van der Waals surface area contributed by atoms with Crippen molar-refractivity contribution in [3.8, 4) is 0 Å². The molecule has 1 aromatic rings. The number of nitrogens with one attached hydrogen (secondary N) is 1. The number of carbonyl (C=O) groups is 2. The average molecular weight is 345 g/mol. The lowest BCUT2D eigenvalue weighted by atomic mass is 9.99. The van der Waals surface area contributed by atoms with E-state index in [-0.39, 0.29) is 12.3 Å². The van der Waals surface area contributed by atoms with Gasteiger partial charge in [-0.15, -0.1) is 0 Å². The van der Waals surface area contributed by atoms with Crippen LogP contribution in [0.2, 0.25) is 0 Å². The summed E-state index contributed by atoms with van der Waals surface area (Å²) in [7, 11) is 0. The molecule has 1 amide bonds. The molecule has 0 aliphatic rings. The van der Waals surface area contributed by atoms with Gasteiger partial charge in [-0.1, -0.05) is 81.5 Å². The Balaban J connectivity index is 2.36. The van der Waals surface area contributed by atoms with Gasteiger partial charge in [-0.2, -0.15) is 0 Å². The Hall–Kier alpha value is -2.10. The van der Waals surface area contributed by atoms with E-state index in [2.05, 4.69) is 12.2 Å². The SMILES string of the molecule is CCCCCCCCNC(=O)C(CC=Cc1ccccc1)CC(=O)O. The lowest BCUT2D eigenvalue weighted by molar-refractivity contribution is -0.141. The van der Waals surface area contributed by atoms with Crippen LogP contribution in [0.25, 0.3) is 6.08 Å².